The molecule has 7 heteroatoms. The van der Waals surface area contributed by atoms with Gasteiger partial charge in [-0.15, -0.1) is 0 Å². The zero-order valence-corrected chi connectivity index (χ0v) is 21.1. The largest absolute Gasteiger partial charge is 0.461 e. The number of pyridine rings is 1. The normalized spacial score (nSPS) is 10.6. The van der Waals surface area contributed by atoms with Crippen molar-refractivity contribution in [1.82, 2.24) is 9.36 Å². The quantitative estimate of drug-likeness (QED) is 0.304. The number of carbonyl (C=O) groups is 2. The lowest BCUT2D eigenvalue weighted by Gasteiger charge is -2.17. The maximum atomic E-state index is 11.2. The zero-order valence-electron chi connectivity index (χ0n) is 20.3. The van der Waals surface area contributed by atoms with Crippen molar-refractivity contribution in [3.63, 3.8) is 0 Å². The second-order valence-electron chi connectivity index (χ2n) is 8.44. The van der Waals surface area contributed by atoms with Gasteiger partial charge in [0.05, 0.1) is 22.0 Å². The summed E-state index contributed by atoms with van der Waals surface area (Å²) in [7, 11) is 1.93. The number of benzene rings is 2. The van der Waals surface area contributed by atoms with Gasteiger partial charge in [-0.05, 0) is 66.7 Å². The minimum absolute atomic E-state index is 0.254. The summed E-state index contributed by atoms with van der Waals surface area (Å²) >= 11 is 1.52. The number of nitrogens with one attached hydrogen (secondary N) is 1. The number of hydrogen-bond acceptors (Lipinski definition) is 7. The molecule has 0 fully saturated rings. The monoisotopic (exact) mass is 487 g/mol. The van der Waals surface area contributed by atoms with Crippen molar-refractivity contribution in [2.24, 2.45) is 0 Å². The first-order chi connectivity index (χ1) is 16.9. The van der Waals surface area contributed by atoms with Gasteiger partial charge in [-0.2, -0.15) is 4.37 Å². The van der Waals surface area contributed by atoms with Crippen molar-refractivity contribution in [1.29, 1.82) is 0 Å². The highest BCUT2D eigenvalue weighted by Gasteiger charge is 2.19. The SMILES string of the molecule is CNc1c(C)nsc1-c1ccc(-c2ccc(C(C)(C)C=O)cc2)cc1.O=COCc1ccccn1. The molecule has 0 atom stereocenters. The topological polar surface area (TPSA) is 81.2 Å². The van der Waals surface area contributed by atoms with Crippen LogP contribution in [0.25, 0.3) is 21.6 Å². The van der Waals surface area contributed by atoms with Crippen LogP contribution < -0.4 is 5.32 Å². The number of anilines is 1. The van der Waals surface area contributed by atoms with E-state index in [1.54, 1.807) is 12.3 Å². The van der Waals surface area contributed by atoms with Crippen LogP contribution in [0.3, 0.4) is 0 Å². The Morgan fingerprint density at radius 2 is 1.57 bits per heavy atom. The summed E-state index contributed by atoms with van der Waals surface area (Å²) in [5, 5.41) is 3.23. The molecular weight excluding hydrogens is 458 g/mol. The molecule has 4 rings (SSSR count). The lowest BCUT2D eigenvalue weighted by atomic mass is 9.85. The number of rotatable bonds is 8. The third-order valence-corrected chi connectivity index (χ3v) is 6.53. The Bertz CT molecular complexity index is 1230. The van der Waals surface area contributed by atoms with Gasteiger partial charge in [0.15, 0.2) is 0 Å². The second-order valence-corrected chi connectivity index (χ2v) is 9.22. The molecule has 1 N–H and O–H groups in total. The number of carbonyl (C=O) groups excluding carboxylic acids is 2. The Morgan fingerprint density at radius 3 is 2.11 bits per heavy atom. The van der Waals surface area contributed by atoms with Crippen LogP contribution >= 0.6 is 11.5 Å². The molecule has 35 heavy (non-hydrogen) atoms. The molecule has 0 amide bonds. The molecule has 6 nitrogen and oxygen atoms in total. The van der Waals surface area contributed by atoms with Crippen LogP contribution in [0.4, 0.5) is 5.69 Å². The van der Waals surface area contributed by atoms with Crippen LogP contribution in [0.2, 0.25) is 0 Å². The molecule has 0 bridgehead atoms. The number of nitrogens with zero attached hydrogens (tertiary/aromatic N) is 2. The van der Waals surface area contributed by atoms with E-state index in [0.717, 1.165) is 50.5 Å². The van der Waals surface area contributed by atoms with E-state index in [1.165, 1.54) is 11.5 Å². The number of aldehydes is 1. The summed E-state index contributed by atoms with van der Waals surface area (Å²) in [6, 6.07) is 22.2. The zero-order chi connectivity index (χ0) is 25.3. The van der Waals surface area contributed by atoms with Crippen LogP contribution in [-0.2, 0) is 26.3 Å². The Morgan fingerprint density at radius 1 is 0.943 bits per heavy atom. The van der Waals surface area contributed by atoms with Crippen LogP contribution in [0, 0.1) is 6.92 Å². The maximum Gasteiger partial charge on any atom is 0.293 e. The van der Waals surface area contributed by atoms with E-state index in [2.05, 4.69) is 55.8 Å². The molecule has 0 saturated heterocycles. The predicted molar refractivity (Wildman–Crippen MR) is 141 cm³/mol. The summed E-state index contributed by atoms with van der Waals surface area (Å²) in [5.74, 6) is 0. The highest BCUT2D eigenvalue weighted by molar-refractivity contribution is 7.10. The van der Waals surface area contributed by atoms with Crippen molar-refractivity contribution < 1.29 is 14.3 Å². The molecule has 2 heterocycles. The first-order valence-corrected chi connectivity index (χ1v) is 11.9. The van der Waals surface area contributed by atoms with Crippen LogP contribution in [0.1, 0.15) is 30.8 Å². The van der Waals surface area contributed by atoms with Gasteiger partial charge >= 0.3 is 0 Å². The van der Waals surface area contributed by atoms with Gasteiger partial charge < -0.3 is 14.8 Å². The standard InChI is InChI=1S/C21H22N2OS.C7H7NO2/c1-14-19(22-4)20(25-23-14)17-7-5-15(6-8-17)16-9-11-18(12-10-16)21(2,3)13-24;9-6-10-5-7-3-1-2-4-8-7/h5-13,22H,1-4H3;1-4,6H,5H2. The molecule has 0 aliphatic carbocycles. The van der Waals surface area contributed by atoms with E-state index in [9.17, 15) is 9.59 Å². The van der Waals surface area contributed by atoms with Gasteiger partial charge in [0, 0.05) is 18.7 Å². The van der Waals surface area contributed by atoms with E-state index in [1.807, 2.05) is 52.1 Å². The smallest absolute Gasteiger partial charge is 0.293 e. The van der Waals surface area contributed by atoms with E-state index < -0.39 is 5.41 Å². The number of aromatic nitrogens is 2. The number of hydrogen-bond donors (Lipinski definition) is 1. The number of ether oxygens (including phenoxy) is 1. The molecule has 0 saturated carbocycles. The number of aryl methyl sites for hydroxylation is 1. The van der Waals surface area contributed by atoms with Crippen molar-refractivity contribution in [3.05, 3.63) is 89.9 Å². The fourth-order valence-corrected chi connectivity index (χ4v) is 4.34. The molecule has 0 aliphatic rings. The van der Waals surface area contributed by atoms with Crippen molar-refractivity contribution >= 4 is 30.0 Å². The molecule has 0 radical (unpaired) electrons. The lowest BCUT2D eigenvalue weighted by Crippen LogP contribution is -2.18. The molecule has 0 aliphatic heterocycles. The lowest BCUT2D eigenvalue weighted by molar-refractivity contribution is -0.129. The van der Waals surface area contributed by atoms with Crippen LogP contribution in [0.15, 0.2) is 72.9 Å². The van der Waals surface area contributed by atoms with Gasteiger partial charge in [0.25, 0.3) is 6.47 Å². The van der Waals surface area contributed by atoms with Gasteiger partial charge in [0.2, 0.25) is 0 Å². The van der Waals surface area contributed by atoms with E-state index in [-0.39, 0.29) is 6.61 Å². The van der Waals surface area contributed by atoms with Gasteiger partial charge in [-0.1, -0.05) is 54.6 Å². The fraction of sp³-hybridized carbons (Fsp3) is 0.214. The fourth-order valence-electron chi connectivity index (χ4n) is 3.44. The maximum absolute atomic E-state index is 11.2. The summed E-state index contributed by atoms with van der Waals surface area (Å²) in [6.45, 7) is 6.54. The third-order valence-electron chi connectivity index (χ3n) is 5.54. The Labute approximate surface area is 210 Å². The van der Waals surface area contributed by atoms with Crippen molar-refractivity contribution in [3.8, 4) is 21.6 Å². The van der Waals surface area contributed by atoms with E-state index in [4.69, 9.17) is 0 Å². The molecule has 4 aromatic rings. The Kier molecular flexibility index (Phi) is 8.86. The second kappa shape index (κ2) is 12.0. The molecule has 2 aromatic heterocycles. The summed E-state index contributed by atoms with van der Waals surface area (Å²) in [6.07, 6.45) is 2.65. The molecule has 0 spiro atoms. The Balaban J connectivity index is 0.000000287. The average Bonchev–Trinajstić information content (AvgIpc) is 3.29. The van der Waals surface area contributed by atoms with E-state index in [0.29, 0.717) is 6.47 Å². The first kappa shape index (κ1) is 25.8. The van der Waals surface area contributed by atoms with Gasteiger partial charge in [-0.25, -0.2) is 0 Å². The molecular formula is C28H29N3O3S. The predicted octanol–water partition coefficient (Wildman–Crippen LogP) is 6.06. The summed E-state index contributed by atoms with van der Waals surface area (Å²) < 4.78 is 8.91. The van der Waals surface area contributed by atoms with Crippen LogP contribution in [-0.4, -0.2) is 29.2 Å². The molecule has 0 unspecified atom stereocenters. The van der Waals surface area contributed by atoms with Gasteiger partial charge in [0.1, 0.15) is 12.9 Å². The minimum atomic E-state index is -0.448. The van der Waals surface area contributed by atoms with Crippen molar-refractivity contribution in [2.75, 3.05) is 12.4 Å². The van der Waals surface area contributed by atoms with Crippen molar-refractivity contribution in [2.45, 2.75) is 32.8 Å². The Hall–Kier alpha value is -3.84. The van der Waals surface area contributed by atoms with E-state index >= 15 is 0 Å². The molecule has 2 aromatic carbocycles. The highest BCUT2D eigenvalue weighted by Crippen LogP contribution is 2.35. The third kappa shape index (κ3) is 6.61. The molecule has 180 valence electrons. The highest BCUT2D eigenvalue weighted by atomic mass is 32.1. The average molecular weight is 488 g/mol. The summed E-state index contributed by atoms with van der Waals surface area (Å²) in [4.78, 5) is 26.0. The van der Waals surface area contributed by atoms with Gasteiger partial charge in [-0.3, -0.25) is 9.78 Å². The first-order valence-electron chi connectivity index (χ1n) is 11.2. The summed E-state index contributed by atoms with van der Waals surface area (Å²) in [5.41, 5.74) is 6.93. The van der Waals surface area contributed by atoms with Crippen LogP contribution in [0.5, 0.6) is 0 Å². The minimum Gasteiger partial charge on any atom is -0.461 e.